The van der Waals surface area contributed by atoms with Crippen molar-refractivity contribution in [2.24, 2.45) is 0 Å². The molecule has 1 aliphatic rings. The van der Waals surface area contributed by atoms with Gasteiger partial charge in [0.25, 0.3) is 5.91 Å². The molecule has 0 saturated heterocycles. The van der Waals surface area contributed by atoms with Crippen molar-refractivity contribution in [3.63, 3.8) is 0 Å². The van der Waals surface area contributed by atoms with Crippen LogP contribution in [0.3, 0.4) is 0 Å². The number of carbonyl (C=O) groups is 1. The molecule has 9 nitrogen and oxygen atoms in total. The van der Waals surface area contributed by atoms with Gasteiger partial charge in [-0.1, -0.05) is 23.2 Å². The fourth-order valence-corrected chi connectivity index (χ4v) is 4.24. The van der Waals surface area contributed by atoms with Gasteiger partial charge < -0.3 is 19.9 Å². The zero-order chi connectivity index (χ0) is 22.8. The molecule has 3 N–H and O–H groups in total. The van der Waals surface area contributed by atoms with Crippen LogP contribution in [0.2, 0.25) is 10.0 Å². The third-order valence-corrected chi connectivity index (χ3v) is 5.56. The van der Waals surface area contributed by atoms with Gasteiger partial charge in [0, 0.05) is 23.4 Å². The summed E-state index contributed by atoms with van der Waals surface area (Å²) in [5, 5.41) is 16.6. The van der Waals surface area contributed by atoms with Gasteiger partial charge in [0.1, 0.15) is 11.5 Å². The quantitative estimate of drug-likeness (QED) is 0.461. The standard InChI is InChI=1S/C21H19Cl2N3O6/c1-2-30-16-5-3-4-11-15(7-6-14(27)17(11)16)31-18-12(22)8-10(9-13(18)23)24-20(28)19-25-21(29)32-26-19/h6-9,16,27H,2-5H2,1H3,(H,24,28)(H,25,26,29)/t16-/m0/s1. The van der Waals surface area contributed by atoms with E-state index in [9.17, 15) is 14.7 Å². The predicted molar refractivity (Wildman–Crippen MR) is 117 cm³/mol. The number of nitrogens with zero attached hydrogens (tertiary/aromatic N) is 1. The number of hydrogen-bond acceptors (Lipinski definition) is 7. The van der Waals surface area contributed by atoms with Gasteiger partial charge in [-0.15, -0.1) is 0 Å². The minimum absolute atomic E-state index is 0.153. The van der Waals surface area contributed by atoms with Gasteiger partial charge in [-0.3, -0.25) is 14.3 Å². The number of aromatic hydroxyl groups is 1. The summed E-state index contributed by atoms with van der Waals surface area (Å²) in [6.45, 7) is 2.44. The number of amides is 1. The first-order valence-corrected chi connectivity index (χ1v) is 10.6. The molecule has 2 aromatic carbocycles. The second kappa shape index (κ2) is 9.23. The topological polar surface area (TPSA) is 127 Å². The minimum atomic E-state index is -0.848. The number of nitrogens with one attached hydrogen (secondary N) is 2. The maximum atomic E-state index is 12.1. The number of aromatic amines is 1. The van der Waals surface area contributed by atoms with E-state index in [4.69, 9.17) is 32.7 Å². The maximum Gasteiger partial charge on any atom is 0.439 e. The average Bonchev–Trinajstić information content (AvgIpc) is 3.19. The summed E-state index contributed by atoms with van der Waals surface area (Å²) >= 11 is 12.8. The normalized spacial score (nSPS) is 15.3. The summed E-state index contributed by atoms with van der Waals surface area (Å²) in [6, 6.07) is 6.12. The van der Waals surface area contributed by atoms with E-state index in [1.165, 1.54) is 12.1 Å². The molecule has 0 bridgehead atoms. The third-order valence-electron chi connectivity index (χ3n) is 5.00. The Balaban J connectivity index is 1.61. The molecule has 1 amide bonds. The highest BCUT2D eigenvalue weighted by Crippen LogP contribution is 2.46. The van der Waals surface area contributed by atoms with Crippen LogP contribution in [-0.2, 0) is 11.2 Å². The SMILES string of the molecule is CCO[C@H]1CCCc2c(Oc3c(Cl)cc(NC(=O)c4noc(=O)[nH]4)cc3Cl)ccc(O)c21. The molecular weight excluding hydrogens is 461 g/mol. The van der Waals surface area contributed by atoms with E-state index < -0.39 is 11.7 Å². The maximum absolute atomic E-state index is 12.1. The number of phenolic OH excluding ortho intramolecular Hbond substituents is 1. The van der Waals surface area contributed by atoms with Gasteiger partial charge in [-0.05, 0) is 55.6 Å². The van der Waals surface area contributed by atoms with Crippen molar-refractivity contribution in [1.29, 1.82) is 0 Å². The van der Waals surface area contributed by atoms with Crippen molar-refractivity contribution in [3.8, 4) is 17.2 Å². The zero-order valence-electron chi connectivity index (χ0n) is 16.9. The highest BCUT2D eigenvalue weighted by molar-refractivity contribution is 6.37. The van der Waals surface area contributed by atoms with E-state index >= 15 is 0 Å². The van der Waals surface area contributed by atoms with Crippen LogP contribution < -0.4 is 15.8 Å². The number of hydrogen-bond donors (Lipinski definition) is 3. The molecule has 1 aliphatic carbocycles. The molecule has 0 spiro atoms. The molecule has 1 aromatic heterocycles. The van der Waals surface area contributed by atoms with Crippen LogP contribution in [0.5, 0.6) is 17.2 Å². The van der Waals surface area contributed by atoms with E-state index in [1.807, 2.05) is 6.92 Å². The van der Waals surface area contributed by atoms with Crippen molar-refractivity contribution in [2.45, 2.75) is 32.3 Å². The number of rotatable bonds is 6. The number of H-pyrrole nitrogens is 1. The Morgan fingerprint density at radius 3 is 2.75 bits per heavy atom. The van der Waals surface area contributed by atoms with Crippen molar-refractivity contribution in [1.82, 2.24) is 10.1 Å². The molecule has 168 valence electrons. The van der Waals surface area contributed by atoms with Crippen LogP contribution in [0.25, 0.3) is 0 Å². The van der Waals surface area contributed by atoms with E-state index in [0.717, 1.165) is 18.4 Å². The summed E-state index contributed by atoms with van der Waals surface area (Å²) < 4.78 is 16.2. The summed E-state index contributed by atoms with van der Waals surface area (Å²) in [4.78, 5) is 25.3. The lowest BCUT2D eigenvalue weighted by atomic mass is 9.88. The van der Waals surface area contributed by atoms with E-state index in [2.05, 4.69) is 20.0 Å². The number of benzene rings is 2. The molecule has 1 atom stereocenters. The van der Waals surface area contributed by atoms with Gasteiger partial charge in [0.2, 0.25) is 5.82 Å². The second-order valence-electron chi connectivity index (χ2n) is 7.08. The lowest BCUT2D eigenvalue weighted by Gasteiger charge is -2.28. The van der Waals surface area contributed by atoms with Crippen LogP contribution in [0.15, 0.2) is 33.6 Å². The summed E-state index contributed by atoms with van der Waals surface area (Å²) in [5.41, 5.74) is 1.83. The lowest BCUT2D eigenvalue weighted by molar-refractivity contribution is 0.0479. The third kappa shape index (κ3) is 4.45. The van der Waals surface area contributed by atoms with Crippen molar-refractivity contribution in [3.05, 3.63) is 61.8 Å². The Hall–Kier alpha value is -3.01. The van der Waals surface area contributed by atoms with Gasteiger partial charge in [0.15, 0.2) is 5.75 Å². The molecule has 4 rings (SSSR count). The Kier molecular flexibility index (Phi) is 6.40. The van der Waals surface area contributed by atoms with Gasteiger partial charge in [-0.2, -0.15) is 0 Å². The first-order valence-electron chi connectivity index (χ1n) is 9.88. The molecule has 0 fully saturated rings. The summed E-state index contributed by atoms with van der Waals surface area (Å²) in [7, 11) is 0. The lowest BCUT2D eigenvalue weighted by Crippen LogP contribution is -2.15. The number of phenols is 1. The molecule has 11 heteroatoms. The Bertz CT molecular complexity index is 1200. The van der Waals surface area contributed by atoms with Gasteiger partial charge in [-0.25, -0.2) is 4.79 Å². The van der Waals surface area contributed by atoms with E-state index in [0.29, 0.717) is 24.3 Å². The molecule has 0 unspecified atom stereocenters. The number of aromatic nitrogens is 2. The van der Waals surface area contributed by atoms with Crippen molar-refractivity contribution < 1.29 is 23.9 Å². The molecule has 3 aromatic rings. The van der Waals surface area contributed by atoms with Crippen molar-refractivity contribution in [2.75, 3.05) is 11.9 Å². The number of ether oxygens (including phenoxy) is 2. The number of carbonyl (C=O) groups excluding carboxylic acids is 1. The fraction of sp³-hybridized carbons (Fsp3) is 0.286. The first-order chi connectivity index (χ1) is 15.4. The summed E-state index contributed by atoms with van der Waals surface area (Å²) in [5.74, 6) is -0.964. The largest absolute Gasteiger partial charge is 0.508 e. The molecule has 32 heavy (non-hydrogen) atoms. The molecule has 0 aliphatic heterocycles. The second-order valence-corrected chi connectivity index (χ2v) is 7.89. The number of fused-ring (bicyclic) bond motifs is 1. The van der Waals surface area contributed by atoms with Crippen LogP contribution in [0, 0.1) is 0 Å². The first kappa shape index (κ1) is 22.2. The van der Waals surface area contributed by atoms with E-state index in [1.54, 1.807) is 12.1 Å². The predicted octanol–water partition coefficient (Wildman–Crippen LogP) is 4.83. The average molecular weight is 480 g/mol. The van der Waals surface area contributed by atoms with Crippen LogP contribution in [-0.4, -0.2) is 27.8 Å². The molecule has 0 saturated carbocycles. The van der Waals surface area contributed by atoms with Crippen LogP contribution in [0.4, 0.5) is 5.69 Å². The van der Waals surface area contributed by atoms with Crippen molar-refractivity contribution >= 4 is 34.8 Å². The van der Waals surface area contributed by atoms with Gasteiger partial charge >= 0.3 is 5.76 Å². The summed E-state index contributed by atoms with van der Waals surface area (Å²) in [6.07, 6.45) is 2.19. The highest BCUT2D eigenvalue weighted by atomic mass is 35.5. The molecular formula is C21H19Cl2N3O6. The van der Waals surface area contributed by atoms with Gasteiger partial charge in [0.05, 0.1) is 16.1 Å². The minimum Gasteiger partial charge on any atom is -0.508 e. The number of anilines is 1. The van der Waals surface area contributed by atoms with Crippen LogP contribution >= 0.6 is 23.2 Å². The molecule has 1 heterocycles. The molecule has 0 radical (unpaired) electrons. The number of halogens is 2. The Morgan fingerprint density at radius 2 is 2.09 bits per heavy atom. The Morgan fingerprint density at radius 1 is 1.34 bits per heavy atom. The van der Waals surface area contributed by atoms with E-state index in [-0.39, 0.29) is 39.2 Å². The Labute approximate surface area is 192 Å². The zero-order valence-corrected chi connectivity index (χ0v) is 18.4. The monoisotopic (exact) mass is 479 g/mol. The van der Waals surface area contributed by atoms with Crippen LogP contribution in [0.1, 0.15) is 47.6 Å². The highest BCUT2D eigenvalue weighted by Gasteiger charge is 2.27. The fourth-order valence-electron chi connectivity index (χ4n) is 3.68. The smallest absolute Gasteiger partial charge is 0.439 e.